The second-order valence-corrected chi connectivity index (χ2v) is 7.16. The van der Waals surface area contributed by atoms with Crippen LogP contribution in [0.25, 0.3) is 0 Å². The van der Waals surface area contributed by atoms with Gasteiger partial charge in [-0.1, -0.05) is 12.1 Å². The fraction of sp³-hybridized carbons (Fsp3) is 0.579. The van der Waals surface area contributed by atoms with Crippen LogP contribution in [-0.4, -0.2) is 68.1 Å². The SMILES string of the molecule is CN(C)[C@H]1CCCN(C(=O)Cc2ccc(N3CCNC3=O)cc2)CC1. The Morgan fingerprint density at radius 1 is 1.16 bits per heavy atom. The van der Waals surface area contributed by atoms with Crippen molar-refractivity contribution in [3.8, 4) is 0 Å². The predicted molar refractivity (Wildman–Crippen MR) is 98.8 cm³/mol. The molecule has 2 aliphatic heterocycles. The maximum Gasteiger partial charge on any atom is 0.321 e. The Bertz CT molecular complexity index is 614. The lowest BCUT2D eigenvalue weighted by Gasteiger charge is -2.23. The summed E-state index contributed by atoms with van der Waals surface area (Å²) in [4.78, 5) is 30.3. The largest absolute Gasteiger partial charge is 0.342 e. The van der Waals surface area contributed by atoms with Crippen molar-refractivity contribution in [1.82, 2.24) is 15.1 Å². The average Bonchev–Trinajstić information content (AvgIpc) is 2.87. The van der Waals surface area contributed by atoms with Crippen LogP contribution in [0.3, 0.4) is 0 Å². The van der Waals surface area contributed by atoms with E-state index in [4.69, 9.17) is 0 Å². The molecular formula is C19H28N4O2. The lowest BCUT2D eigenvalue weighted by molar-refractivity contribution is -0.130. The number of carbonyl (C=O) groups excluding carboxylic acids is 2. The van der Waals surface area contributed by atoms with E-state index in [1.54, 1.807) is 4.90 Å². The lowest BCUT2D eigenvalue weighted by atomic mass is 10.1. The summed E-state index contributed by atoms with van der Waals surface area (Å²) in [5.41, 5.74) is 1.89. The predicted octanol–water partition coefficient (Wildman–Crippen LogP) is 1.70. The van der Waals surface area contributed by atoms with Crippen molar-refractivity contribution in [3.05, 3.63) is 29.8 Å². The molecule has 1 N–H and O–H groups in total. The number of nitrogens with one attached hydrogen (secondary N) is 1. The second-order valence-electron chi connectivity index (χ2n) is 7.16. The highest BCUT2D eigenvalue weighted by Gasteiger charge is 2.23. The van der Waals surface area contributed by atoms with E-state index in [0.717, 1.165) is 43.6 Å². The monoisotopic (exact) mass is 344 g/mol. The number of nitrogens with zero attached hydrogens (tertiary/aromatic N) is 3. The van der Waals surface area contributed by atoms with Gasteiger partial charge in [0.05, 0.1) is 6.42 Å². The van der Waals surface area contributed by atoms with Crippen LogP contribution in [0.2, 0.25) is 0 Å². The zero-order valence-corrected chi connectivity index (χ0v) is 15.2. The van der Waals surface area contributed by atoms with Gasteiger partial charge in [-0.25, -0.2) is 4.79 Å². The molecule has 2 heterocycles. The van der Waals surface area contributed by atoms with Crippen LogP contribution in [0.5, 0.6) is 0 Å². The molecule has 2 saturated heterocycles. The molecule has 0 aromatic heterocycles. The van der Waals surface area contributed by atoms with Gasteiger partial charge in [-0.05, 0) is 51.1 Å². The van der Waals surface area contributed by atoms with Crippen molar-refractivity contribution < 1.29 is 9.59 Å². The third kappa shape index (κ3) is 4.31. The molecule has 0 saturated carbocycles. The smallest absolute Gasteiger partial charge is 0.321 e. The second kappa shape index (κ2) is 7.87. The summed E-state index contributed by atoms with van der Waals surface area (Å²) < 4.78 is 0. The zero-order valence-electron chi connectivity index (χ0n) is 15.2. The van der Waals surface area contributed by atoms with Gasteiger partial charge in [0, 0.05) is 37.9 Å². The number of likely N-dealkylation sites (tertiary alicyclic amines) is 1. The van der Waals surface area contributed by atoms with E-state index in [1.807, 2.05) is 29.2 Å². The molecule has 0 aliphatic carbocycles. The Morgan fingerprint density at radius 2 is 1.92 bits per heavy atom. The van der Waals surface area contributed by atoms with Gasteiger partial charge in [0.2, 0.25) is 5.91 Å². The Kier molecular flexibility index (Phi) is 5.58. The van der Waals surface area contributed by atoms with Gasteiger partial charge < -0.3 is 15.1 Å². The molecule has 0 unspecified atom stereocenters. The lowest BCUT2D eigenvalue weighted by Crippen LogP contribution is -2.34. The molecule has 2 aliphatic rings. The summed E-state index contributed by atoms with van der Waals surface area (Å²) in [5.74, 6) is 0.200. The Labute approximate surface area is 149 Å². The number of amides is 3. The Morgan fingerprint density at radius 3 is 2.56 bits per heavy atom. The van der Waals surface area contributed by atoms with Gasteiger partial charge in [0.25, 0.3) is 0 Å². The van der Waals surface area contributed by atoms with Crippen molar-refractivity contribution in [3.63, 3.8) is 0 Å². The Balaban J connectivity index is 1.56. The molecule has 0 radical (unpaired) electrons. The molecule has 6 heteroatoms. The summed E-state index contributed by atoms with van der Waals surface area (Å²) in [7, 11) is 4.23. The number of rotatable bonds is 4. The molecule has 1 aromatic carbocycles. The van der Waals surface area contributed by atoms with E-state index in [0.29, 0.717) is 25.6 Å². The van der Waals surface area contributed by atoms with Crippen molar-refractivity contribution >= 4 is 17.6 Å². The van der Waals surface area contributed by atoms with Crippen LogP contribution in [0.4, 0.5) is 10.5 Å². The molecule has 3 rings (SSSR count). The molecule has 6 nitrogen and oxygen atoms in total. The van der Waals surface area contributed by atoms with Crippen LogP contribution in [0.15, 0.2) is 24.3 Å². The van der Waals surface area contributed by atoms with Crippen molar-refractivity contribution in [1.29, 1.82) is 0 Å². The molecular weight excluding hydrogens is 316 g/mol. The highest BCUT2D eigenvalue weighted by Crippen LogP contribution is 2.19. The van der Waals surface area contributed by atoms with Gasteiger partial charge in [-0.2, -0.15) is 0 Å². The molecule has 3 amide bonds. The maximum atomic E-state index is 12.6. The fourth-order valence-electron chi connectivity index (χ4n) is 3.64. The van der Waals surface area contributed by atoms with E-state index in [2.05, 4.69) is 24.3 Å². The summed E-state index contributed by atoms with van der Waals surface area (Å²) >= 11 is 0. The van der Waals surface area contributed by atoms with E-state index in [1.165, 1.54) is 0 Å². The first-order valence-electron chi connectivity index (χ1n) is 9.13. The van der Waals surface area contributed by atoms with E-state index < -0.39 is 0 Å². The summed E-state index contributed by atoms with van der Waals surface area (Å²) in [6.07, 6.45) is 3.70. The number of hydrogen-bond acceptors (Lipinski definition) is 3. The van der Waals surface area contributed by atoms with Crippen LogP contribution >= 0.6 is 0 Å². The molecule has 2 fully saturated rings. The number of benzene rings is 1. The van der Waals surface area contributed by atoms with Crippen molar-refractivity contribution in [2.75, 3.05) is 45.2 Å². The number of hydrogen-bond donors (Lipinski definition) is 1. The highest BCUT2D eigenvalue weighted by atomic mass is 16.2. The maximum absolute atomic E-state index is 12.6. The minimum absolute atomic E-state index is 0.0520. The fourth-order valence-corrected chi connectivity index (χ4v) is 3.64. The number of urea groups is 1. The highest BCUT2D eigenvalue weighted by molar-refractivity contribution is 5.94. The van der Waals surface area contributed by atoms with Crippen molar-refractivity contribution in [2.24, 2.45) is 0 Å². The molecule has 1 aromatic rings. The number of anilines is 1. The standard InChI is InChI=1S/C19H28N4O2/c1-21(2)16-4-3-11-22(12-9-16)18(24)14-15-5-7-17(8-6-15)23-13-10-20-19(23)25/h5-8,16H,3-4,9-14H2,1-2H3,(H,20,25)/t16-/m0/s1. The van der Waals surface area contributed by atoms with Crippen molar-refractivity contribution in [2.45, 2.75) is 31.7 Å². The first-order chi connectivity index (χ1) is 12.0. The number of carbonyl (C=O) groups is 2. The molecule has 0 bridgehead atoms. The first-order valence-corrected chi connectivity index (χ1v) is 9.13. The van der Waals surface area contributed by atoms with Gasteiger partial charge in [0.15, 0.2) is 0 Å². The van der Waals surface area contributed by atoms with Gasteiger partial charge in [-0.3, -0.25) is 9.69 Å². The van der Waals surface area contributed by atoms with Gasteiger partial charge in [-0.15, -0.1) is 0 Å². The summed E-state index contributed by atoms with van der Waals surface area (Å²) in [6, 6.07) is 8.29. The van der Waals surface area contributed by atoms with Crippen LogP contribution in [-0.2, 0) is 11.2 Å². The van der Waals surface area contributed by atoms with Crippen LogP contribution in [0, 0.1) is 0 Å². The van der Waals surface area contributed by atoms with Crippen LogP contribution in [0.1, 0.15) is 24.8 Å². The quantitative estimate of drug-likeness (QED) is 0.904. The average molecular weight is 344 g/mol. The molecule has 1 atom stereocenters. The third-order valence-corrected chi connectivity index (χ3v) is 5.24. The third-order valence-electron chi connectivity index (χ3n) is 5.24. The summed E-state index contributed by atoms with van der Waals surface area (Å²) in [5, 5.41) is 2.80. The topological polar surface area (TPSA) is 55.9 Å². The zero-order chi connectivity index (χ0) is 17.8. The first kappa shape index (κ1) is 17.7. The normalized spacial score (nSPS) is 21.4. The summed E-state index contributed by atoms with van der Waals surface area (Å²) in [6.45, 7) is 3.07. The molecule has 0 spiro atoms. The minimum atomic E-state index is -0.0520. The van der Waals surface area contributed by atoms with E-state index in [9.17, 15) is 9.59 Å². The Hall–Kier alpha value is -2.08. The van der Waals surface area contributed by atoms with Crippen LogP contribution < -0.4 is 10.2 Å². The van der Waals surface area contributed by atoms with E-state index in [-0.39, 0.29) is 11.9 Å². The molecule has 136 valence electrons. The van der Waals surface area contributed by atoms with Gasteiger partial charge >= 0.3 is 6.03 Å². The van der Waals surface area contributed by atoms with Gasteiger partial charge in [0.1, 0.15) is 0 Å². The molecule has 25 heavy (non-hydrogen) atoms. The van der Waals surface area contributed by atoms with E-state index >= 15 is 0 Å². The minimum Gasteiger partial charge on any atom is -0.342 e.